The molecule has 0 unspecified atom stereocenters. The molecule has 80 valence electrons. The monoisotopic (exact) mass is 210 g/mol. The van der Waals surface area contributed by atoms with Crippen molar-refractivity contribution in [2.45, 2.75) is 33.1 Å². The normalized spacial score (nSPS) is 10.8. The minimum atomic E-state index is 0.226. The van der Waals surface area contributed by atoms with Crippen molar-refractivity contribution in [3.05, 3.63) is 37.0 Å². The third-order valence-electron chi connectivity index (χ3n) is 2.43. The fourth-order valence-corrected chi connectivity index (χ4v) is 1.86. The van der Waals surface area contributed by atoms with Gasteiger partial charge in [-0.05, 0) is 44.3 Å². The molecule has 0 saturated heterocycles. The fraction of sp³-hybridized carbons (Fsp3) is 0.538. The second-order valence-corrected chi connectivity index (χ2v) is 4.45. The largest absolute Gasteiger partial charge is 0.179 e. The lowest BCUT2D eigenvalue weighted by Crippen LogP contribution is -2.20. The Kier molecular flexibility index (Phi) is 6.73. The van der Waals surface area contributed by atoms with Crippen LogP contribution in [0.4, 0.5) is 0 Å². The second-order valence-electron chi connectivity index (χ2n) is 4.13. The third-order valence-corrected chi connectivity index (χ3v) is 3.10. The van der Waals surface area contributed by atoms with Gasteiger partial charge in [-0.25, -0.2) is 0 Å². The van der Waals surface area contributed by atoms with Crippen LogP contribution in [0.2, 0.25) is 0 Å². The van der Waals surface area contributed by atoms with Crippen molar-refractivity contribution in [2.24, 2.45) is 5.41 Å². The van der Waals surface area contributed by atoms with Crippen LogP contribution in [0.25, 0.3) is 0 Å². The molecule has 0 radical (unpaired) electrons. The number of rotatable bonds is 7. The van der Waals surface area contributed by atoms with Gasteiger partial charge >= 0.3 is 0 Å². The molecule has 0 rings (SSSR count). The average Bonchev–Trinajstić information content (AvgIpc) is 2.15. The van der Waals surface area contributed by atoms with E-state index in [0.717, 1.165) is 25.0 Å². The molecule has 0 N–H and O–H groups in total. The first-order valence-corrected chi connectivity index (χ1v) is 5.69. The van der Waals surface area contributed by atoms with Gasteiger partial charge in [0, 0.05) is 0 Å². The van der Waals surface area contributed by atoms with Crippen LogP contribution in [0.5, 0.6) is 0 Å². The molecule has 0 aromatic heterocycles. The Balaban J connectivity index is 4.55. The first kappa shape index (κ1) is 13.6. The maximum atomic E-state index is 4.45. The molecule has 0 aliphatic rings. The highest BCUT2D eigenvalue weighted by atomic mass is 32.1. The van der Waals surface area contributed by atoms with Crippen LogP contribution in [0, 0.1) is 5.41 Å². The highest BCUT2D eigenvalue weighted by Gasteiger charge is 2.24. The summed E-state index contributed by atoms with van der Waals surface area (Å²) in [6, 6.07) is 0. The predicted molar refractivity (Wildman–Crippen MR) is 70.0 cm³/mol. The van der Waals surface area contributed by atoms with E-state index in [1.807, 2.05) is 12.2 Å². The van der Waals surface area contributed by atoms with Gasteiger partial charge in [-0.15, -0.1) is 13.2 Å². The molecule has 0 amide bonds. The maximum absolute atomic E-state index is 4.45. The molecule has 0 heterocycles. The summed E-state index contributed by atoms with van der Waals surface area (Å²) >= 11 is 4.45. The summed E-state index contributed by atoms with van der Waals surface area (Å²) in [5, 5.41) is 0. The molecule has 0 spiro atoms. The molecule has 0 aromatic rings. The van der Waals surface area contributed by atoms with E-state index in [1.165, 1.54) is 5.57 Å². The zero-order chi connectivity index (χ0) is 11.0. The van der Waals surface area contributed by atoms with Gasteiger partial charge in [0.05, 0.1) is 0 Å². The quantitative estimate of drug-likeness (QED) is 0.467. The predicted octanol–water partition coefficient (Wildman–Crippen LogP) is 4.41. The fourth-order valence-electron chi connectivity index (χ4n) is 1.48. The van der Waals surface area contributed by atoms with Gasteiger partial charge in [-0.2, -0.15) is 12.6 Å². The molecule has 14 heavy (non-hydrogen) atoms. The van der Waals surface area contributed by atoms with E-state index in [-0.39, 0.29) is 5.41 Å². The van der Waals surface area contributed by atoms with Gasteiger partial charge in [0.1, 0.15) is 0 Å². The van der Waals surface area contributed by atoms with Crippen LogP contribution in [-0.4, -0.2) is 5.75 Å². The van der Waals surface area contributed by atoms with Crippen LogP contribution in [0.1, 0.15) is 33.1 Å². The van der Waals surface area contributed by atoms with Crippen LogP contribution in [0.3, 0.4) is 0 Å². The summed E-state index contributed by atoms with van der Waals surface area (Å²) in [5.41, 5.74) is 1.59. The second kappa shape index (κ2) is 6.94. The minimum absolute atomic E-state index is 0.226. The zero-order valence-electron chi connectivity index (χ0n) is 9.42. The standard InChI is InChI=1S/C13H22S/c1-5-8-13(11-14,9-6-2)10-7-12(3)4/h5-7,14H,1-2,8-11H2,3-4H3. The highest BCUT2D eigenvalue weighted by Crippen LogP contribution is 2.34. The smallest absolute Gasteiger partial charge is 0.00323 e. The van der Waals surface area contributed by atoms with Crippen LogP contribution in [0.15, 0.2) is 37.0 Å². The number of hydrogen-bond acceptors (Lipinski definition) is 1. The van der Waals surface area contributed by atoms with Crippen molar-refractivity contribution >= 4 is 12.6 Å². The molecule has 0 aliphatic heterocycles. The maximum Gasteiger partial charge on any atom is -0.00323 e. The zero-order valence-corrected chi connectivity index (χ0v) is 10.3. The van der Waals surface area contributed by atoms with Crippen molar-refractivity contribution in [1.29, 1.82) is 0 Å². The molecule has 0 saturated carbocycles. The summed E-state index contributed by atoms with van der Waals surface area (Å²) in [4.78, 5) is 0. The molecule has 1 heteroatoms. The summed E-state index contributed by atoms with van der Waals surface area (Å²) < 4.78 is 0. The lowest BCUT2D eigenvalue weighted by atomic mass is 9.79. The summed E-state index contributed by atoms with van der Waals surface area (Å²) in [6.45, 7) is 11.9. The van der Waals surface area contributed by atoms with E-state index < -0.39 is 0 Å². The molecule has 0 atom stereocenters. The Bertz CT molecular complexity index is 199. The lowest BCUT2D eigenvalue weighted by molar-refractivity contribution is 0.347. The molecule has 0 bridgehead atoms. The van der Waals surface area contributed by atoms with Crippen molar-refractivity contribution in [3.8, 4) is 0 Å². The van der Waals surface area contributed by atoms with E-state index in [4.69, 9.17) is 0 Å². The number of hydrogen-bond donors (Lipinski definition) is 1. The molecular formula is C13H22S. The van der Waals surface area contributed by atoms with Gasteiger partial charge in [-0.3, -0.25) is 0 Å². The Labute approximate surface area is 94.2 Å². The summed E-state index contributed by atoms with van der Waals surface area (Å²) in [5.74, 6) is 0.884. The topological polar surface area (TPSA) is 0 Å². The third kappa shape index (κ3) is 4.71. The number of allylic oxidation sites excluding steroid dienone is 4. The Morgan fingerprint density at radius 1 is 1.14 bits per heavy atom. The lowest BCUT2D eigenvalue weighted by Gasteiger charge is -2.29. The van der Waals surface area contributed by atoms with Gasteiger partial charge in [0.15, 0.2) is 0 Å². The van der Waals surface area contributed by atoms with E-state index in [0.29, 0.717) is 0 Å². The van der Waals surface area contributed by atoms with Gasteiger partial charge in [0.2, 0.25) is 0 Å². The van der Waals surface area contributed by atoms with E-state index in [2.05, 4.69) is 45.7 Å². The van der Waals surface area contributed by atoms with E-state index in [9.17, 15) is 0 Å². The molecular weight excluding hydrogens is 188 g/mol. The van der Waals surface area contributed by atoms with Gasteiger partial charge in [0.25, 0.3) is 0 Å². The first-order valence-electron chi connectivity index (χ1n) is 5.06. The number of thiol groups is 1. The molecule has 0 nitrogen and oxygen atoms in total. The van der Waals surface area contributed by atoms with Crippen LogP contribution >= 0.6 is 12.6 Å². The van der Waals surface area contributed by atoms with E-state index in [1.54, 1.807) is 0 Å². The Morgan fingerprint density at radius 3 is 1.93 bits per heavy atom. The average molecular weight is 210 g/mol. The van der Waals surface area contributed by atoms with Crippen molar-refractivity contribution in [2.75, 3.05) is 5.75 Å². The van der Waals surface area contributed by atoms with Gasteiger partial charge < -0.3 is 0 Å². The van der Waals surface area contributed by atoms with Crippen molar-refractivity contribution in [3.63, 3.8) is 0 Å². The highest BCUT2D eigenvalue weighted by molar-refractivity contribution is 7.80. The summed E-state index contributed by atoms with van der Waals surface area (Å²) in [7, 11) is 0. The SMILES string of the molecule is C=CCC(CS)(CC=C)CC=C(C)C. The van der Waals surface area contributed by atoms with Crippen molar-refractivity contribution < 1.29 is 0 Å². The molecule has 0 fully saturated rings. The summed E-state index contributed by atoms with van der Waals surface area (Å²) in [6.07, 6.45) is 9.33. The van der Waals surface area contributed by atoms with Crippen LogP contribution < -0.4 is 0 Å². The van der Waals surface area contributed by atoms with E-state index >= 15 is 0 Å². The van der Waals surface area contributed by atoms with Crippen molar-refractivity contribution in [1.82, 2.24) is 0 Å². The first-order chi connectivity index (χ1) is 6.60. The van der Waals surface area contributed by atoms with Crippen LogP contribution in [-0.2, 0) is 0 Å². The Morgan fingerprint density at radius 2 is 1.64 bits per heavy atom. The van der Waals surface area contributed by atoms with Gasteiger partial charge in [-0.1, -0.05) is 23.8 Å². The Hall–Kier alpha value is -0.430. The minimum Gasteiger partial charge on any atom is -0.179 e. The molecule has 0 aromatic carbocycles. The molecule has 0 aliphatic carbocycles.